The van der Waals surface area contributed by atoms with Crippen molar-refractivity contribution in [2.75, 3.05) is 0 Å². The summed E-state index contributed by atoms with van der Waals surface area (Å²) >= 11 is 0. The van der Waals surface area contributed by atoms with Crippen molar-refractivity contribution in [1.82, 2.24) is 10.2 Å². The Bertz CT molecular complexity index is 967. The second-order valence-electron chi connectivity index (χ2n) is 7.54. The second kappa shape index (κ2) is 5.87. The zero-order valence-corrected chi connectivity index (χ0v) is 14.6. The number of carbonyl (C=O) groups excluding carboxylic acids is 1. The first-order chi connectivity index (χ1) is 12.8. The van der Waals surface area contributed by atoms with Gasteiger partial charge in [-0.2, -0.15) is 10.2 Å². The molecule has 2 aliphatic carbocycles. The van der Waals surface area contributed by atoms with E-state index in [0.717, 1.165) is 48.9 Å². The van der Waals surface area contributed by atoms with E-state index in [1.54, 1.807) is 6.20 Å². The number of nitrogens with zero attached hydrogens (tertiary/aromatic N) is 2. The number of Topliss-reactive ketones (excluding diaryl/α,β-unsaturated/α-hetero) is 1. The highest BCUT2D eigenvalue weighted by Gasteiger charge is 2.45. The van der Waals surface area contributed by atoms with Gasteiger partial charge in [0.25, 0.3) is 0 Å². The van der Waals surface area contributed by atoms with Gasteiger partial charge in [-0.1, -0.05) is 36.4 Å². The van der Waals surface area contributed by atoms with Crippen LogP contribution in [0.15, 0.2) is 60.8 Å². The zero-order chi connectivity index (χ0) is 17.6. The molecule has 128 valence electrons. The van der Waals surface area contributed by atoms with Crippen LogP contribution in [-0.4, -0.2) is 16.0 Å². The standard InChI is InChI=1S/C23H20N2O/c26-22-20-14-18(21-6-3-13-24-25-21)7-8-19(20)15-23(22)11-9-16-4-1-2-5-17(16)10-12-23/h1-8,13-14H,9-12,15H2. The Balaban J connectivity index is 1.49. The third-order valence-electron chi connectivity index (χ3n) is 6.10. The molecule has 2 aliphatic rings. The van der Waals surface area contributed by atoms with Crippen LogP contribution < -0.4 is 0 Å². The van der Waals surface area contributed by atoms with Crippen molar-refractivity contribution in [3.63, 3.8) is 0 Å². The fourth-order valence-corrected chi connectivity index (χ4v) is 4.61. The van der Waals surface area contributed by atoms with Crippen LogP contribution in [-0.2, 0) is 19.3 Å². The molecule has 26 heavy (non-hydrogen) atoms. The lowest BCUT2D eigenvalue weighted by molar-refractivity contribution is 0.0794. The first-order valence-electron chi connectivity index (χ1n) is 9.28. The van der Waals surface area contributed by atoms with Gasteiger partial charge < -0.3 is 0 Å². The van der Waals surface area contributed by atoms with Gasteiger partial charge in [0.1, 0.15) is 0 Å². The molecule has 1 heterocycles. The van der Waals surface area contributed by atoms with Crippen LogP contribution in [0, 0.1) is 5.41 Å². The van der Waals surface area contributed by atoms with E-state index in [-0.39, 0.29) is 5.41 Å². The Morgan fingerprint density at radius 3 is 2.31 bits per heavy atom. The summed E-state index contributed by atoms with van der Waals surface area (Å²) in [6.45, 7) is 0. The number of ketones is 1. The highest BCUT2D eigenvalue weighted by atomic mass is 16.1. The molecule has 5 rings (SSSR count). The summed E-state index contributed by atoms with van der Waals surface area (Å²) in [6, 6.07) is 18.7. The Kier molecular flexibility index (Phi) is 3.49. The Morgan fingerprint density at radius 1 is 0.846 bits per heavy atom. The maximum Gasteiger partial charge on any atom is 0.169 e. The first kappa shape index (κ1) is 15.4. The predicted molar refractivity (Wildman–Crippen MR) is 101 cm³/mol. The molecule has 0 amide bonds. The van der Waals surface area contributed by atoms with Crippen molar-refractivity contribution in [3.05, 3.63) is 83.0 Å². The monoisotopic (exact) mass is 340 g/mol. The molecule has 1 spiro atoms. The van der Waals surface area contributed by atoms with Gasteiger partial charge in [-0.3, -0.25) is 4.79 Å². The first-order valence-corrected chi connectivity index (χ1v) is 9.28. The molecular formula is C23H20N2O. The normalized spacial score (nSPS) is 17.6. The maximum atomic E-state index is 13.4. The number of rotatable bonds is 1. The molecular weight excluding hydrogens is 320 g/mol. The molecule has 3 nitrogen and oxygen atoms in total. The summed E-state index contributed by atoms with van der Waals surface area (Å²) in [5.74, 6) is 0.325. The van der Waals surface area contributed by atoms with E-state index in [9.17, 15) is 4.79 Å². The van der Waals surface area contributed by atoms with Gasteiger partial charge in [-0.25, -0.2) is 0 Å². The van der Waals surface area contributed by atoms with E-state index in [0.29, 0.717) is 5.78 Å². The minimum absolute atomic E-state index is 0.234. The zero-order valence-electron chi connectivity index (χ0n) is 14.6. The van der Waals surface area contributed by atoms with E-state index >= 15 is 0 Å². The molecule has 2 aromatic carbocycles. The van der Waals surface area contributed by atoms with Crippen LogP contribution in [0.4, 0.5) is 0 Å². The molecule has 0 fully saturated rings. The van der Waals surface area contributed by atoms with Gasteiger partial charge in [0.2, 0.25) is 0 Å². The Morgan fingerprint density at radius 2 is 1.62 bits per heavy atom. The summed E-state index contributed by atoms with van der Waals surface area (Å²) in [5, 5.41) is 8.14. The lowest BCUT2D eigenvalue weighted by Crippen LogP contribution is -2.28. The molecule has 0 unspecified atom stereocenters. The third kappa shape index (κ3) is 2.38. The van der Waals surface area contributed by atoms with Crippen LogP contribution >= 0.6 is 0 Å². The molecule has 0 saturated carbocycles. The second-order valence-corrected chi connectivity index (χ2v) is 7.54. The molecule has 1 aromatic heterocycles. The topological polar surface area (TPSA) is 42.9 Å². The van der Waals surface area contributed by atoms with E-state index in [1.165, 1.54) is 16.7 Å². The van der Waals surface area contributed by atoms with Crippen LogP contribution in [0.5, 0.6) is 0 Å². The molecule has 0 atom stereocenters. The Hall–Kier alpha value is -2.81. The minimum atomic E-state index is -0.234. The molecule has 0 bridgehead atoms. The molecule has 0 N–H and O–H groups in total. The van der Waals surface area contributed by atoms with Crippen LogP contribution in [0.3, 0.4) is 0 Å². The molecule has 0 aliphatic heterocycles. The average Bonchev–Trinajstić information content (AvgIpc) is 2.85. The average molecular weight is 340 g/mol. The van der Waals surface area contributed by atoms with Crippen LogP contribution in [0.2, 0.25) is 0 Å². The van der Waals surface area contributed by atoms with Gasteiger partial charge in [-0.15, -0.1) is 0 Å². The predicted octanol–water partition coefficient (Wildman–Crippen LogP) is 4.45. The summed E-state index contributed by atoms with van der Waals surface area (Å²) in [5.41, 5.74) is 6.45. The van der Waals surface area contributed by atoms with Gasteiger partial charge in [0, 0.05) is 22.7 Å². The largest absolute Gasteiger partial charge is 0.294 e. The number of hydrogen-bond donors (Lipinski definition) is 0. The van der Waals surface area contributed by atoms with Crippen molar-refractivity contribution in [1.29, 1.82) is 0 Å². The van der Waals surface area contributed by atoms with Crippen molar-refractivity contribution < 1.29 is 4.79 Å². The van der Waals surface area contributed by atoms with Crippen molar-refractivity contribution in [3.8, 4) is 11.3 Å². The summed E-state index contributed by atoms with van der Waals surface area (Å²) in [6.07, 6.45) is 6.41. The Labute approximate surface area is 153 Å². The molecule has 3 heteroatoms. The smallest absolute Gasteiger partial charge is 0.169 e. The van der Waals surface area contributed by atoms with Crippen LogP contribution in [0.25, 0.3) is 11.3 Å². The summed E-state index contributed by atoms with van der Waals surface area (Å²) < 4.78 is 0. The fraction of sp³-hybridized carbons (Fsp3) is 0.261. The van der Waals surface area contributed by atoms with E-state index in [2.05, 4.69) is 46.6 Å². The number of aromatic nitrogens is 2. The third-order valence-corrected chi connectivity index (χ3v) is 6.10. The molecule has 0 saturated heterocycles. The van der Waals surface area contributed by atoms with Crippen molar-refractivity contribution in [2.45, 2.75) is 32.1 Å². The molecule has 3 aromatic rings. The van der Waals surface area contributed by atoms with E-state index in [4.69, 9.17) is 0 Å². The highest BCUT2D eigenvalue weighted by molar-refractivity contribution is 6.05. The van der Waals surface area contributed by atoms with Gasteiger partial charge >= 0.3 is 0 Å². The van der Waals surface area contributed by atoms with Gasteiger partial charge in [0.15, 0.2) is 5.78 Å². The van der Waals surface area contributed by atoms with Gasteiger partial charge in [0.05, 0.1) is 5.69 Å². The number of aryl methyl sites for hydroxylation is 2. The number of fused-ring (bicyclic) bond motifs is 2. The quantitative estimate of drug-likeness (QED) is 0.657. The fourth-order valence-electron chi connectivity index (χ4n) is 4.61. The summed E-state index contributed by atoms with van der Waals surface area (Å²) in [4.78, 5) is 13.4. The minimum Gasteiger partial charge on any atom is -0.294 e. The SMILES string of the molecule is O=C1c2cc(-c3cccnn3)ccc2CC12CCc1ccccc1CC2. The van der Waals surface area contributed by atoms with Crippen LogP contribution in [0.1, 0.15) is 39.9 Å². The number of hydrogen-bond acceptors (Lipinski definition) is 3. The highest BCUT2D eigenvalue weighted by Crippen LogP contribution is 2.46. The number of carbonyl (C=O) groups is 1. The van der Waals surface area contributed by atoms with E-state index in [1.807, 2.05) is 18.2 Å². The van der Waals surface area contributed by atoms with Crippen molar-refractivity contribution in [2.24, 2.45) is 5.41 Å². The lowest BCUT2D eigenvalue weighted by Gasteiger charge is -2.25. The van der Waals surface area contributed by atoms with Crippen molar-refractivity contribution >= 4 is 5.78 Å². The summed E-state index contributed by atoms with van der Waals surface area (Å²) in [7, 11) is 0. The maximum absolute atomic E-state index is 13.4. The lowest BCUT2D eigenvalue weighted by atomic mass is 9.76. The number of benzene rings is 2. The molecule has 0 radical (unpaired) electrons. The van der Waals surface area contributed by atoms with Gasteiger partial charge in [-0.05, 0) is 67.0 Å². The van der Waals surface area contributed by atoms with E-state index < -0.39 is 0 Å².